The fraction of sp³-hybridized carbons (Fsp3) is 0.875. The number of unbranched alkanes of at least 4 members (excludes halogenated alkanes) is 4. The van der Waals surface area contributed by atoms with E-state index in [0.717, 1.165) is 19.3 Å². The first-order valence-electron chi connectivity index (χ1n) is 8.34. The second kappa shape index (κ2) is 8.37. The third kappa shape index (κ3) is 4.19. The molecule has 122 valence electrons. The highest BCUT2D eigenvalue weighted by molar-refractivity contribution is 4.91. The molecular weight excluding hydrogens is 266 g/mol. The number of hydrogen-bond donors (Lipinski definition) is 1. The van der Waals surface area contributed by atoms with E-state index < -0.39 is 0 Å². The van der Waals surface area contributed by atoms with Crippen LogP contribution in [0.3, 0.4) is 0 Å². The molecule has 1 atom stereocenters. The first kappa shape index (κ1) is 18.0. The van der Waals surface area contributed by atoms with Crippen molar-refractivity contribution in [1.82, 2.24) is 14.3 Å². The largest absolute Gasteiger partial charge is 0.388 e. The summed E-state index contributed by atoms with van der Waals surface area (Å²) in [7, 11) is 0. The van der Waals surface area contributed by atoms with Crippen molar-refractivity contribution >= 4 is 0 Å². The van der Waals surface area contributed by atoms with Crippen molar-refractivity contribution in [1.29, 1.82) is 0 Å². The summed E-state index contributed by atoms with van der Waals surface area (Å²) in [6.07, 6.45) is 7.93. The van der Waals surface area contributed by atoms with E-state index in [0.29, 0.717) is 12.4 Å². The van der Waals surface area contributed by atoms with Crippen LogP contribution in [-0.2, 0) is 18.7 Å². The monoisotopic (exact) mass is 297 g/mol. The summed E-state index contributed by atoms with van der Waals surface area (Å²) in [5.74, 6) is 0.466. The first-order valence-corrected chi connectivity index (χ1v) is 8.34. The van der Waals surface area contributed by atoms with E-state index in [9.17, 15) is 9.90 Å². The molecule has 5 nitrogen and oxygen atoms in total. The van der Waals surface area contributed by atoms with Crippen molar-refractivity contribution in [2.75, 3.05) is 0 Å². The normalized spacial score (nSPS) is 14.3. The molecule has 1 unspecified atom stereocenters. The number of aliphatic hydroxyl groups is 1. The highest BCUT2D eigenvalue weighted by Crippen LogP contribution is 2.25. The Bertz CT molecular complexity index is 478. The predicted molar refractivity (Wildman–Crippen MR) is 85.4 cm³/mol. The zero-order valence-corrected chi connectivity index (χ0v) is 14.1. The number of nitrogens with zero attached hydrogens (tertiary/aromatic N) is 3. The third-order valence-corrected chi connectivity index (χ3v) is 4.49. The van der Waals surface area contributed by atoms with Crippen LogP contribution in [0, 0.1) is 0 Å². The smallest absolute Gasteiger partial charge is 0.346 e. The molecule has 5 heteroatoms. The highest BCUT2D eigenvalue weighted by Gasteiger charge is 2.29. The molecular formula is C16H31N3O2. The molecule has 0 fully saturated rings. The lowest BCUT2D eigenvalue weighted by Crippen LogP contribution is -2.39. The maximum Gasteiger partial charge on any atom is 0.346 e. The van der Waals surface area contributed by atoms with E-state index in [2.05, 4.69) is 25.9 Å². The lowest BCUT2D eigenvalue weighted by Gasteiger charge is -2.27. The minimum Gasteiger partial charge on any atom is -0.388 e. The molecule has 0 radical (unpaired) electrons. The molecule has 0 bridgehead atoms. The minimum absolute atomic E-state index is 0.0977. The molecule has 0 saturated carbocycles. The van der Waals surface area contributed by atoms with Crippen molar-refractivity contribution in [3.05, 3.63) is 16.3 Å². The highest BCUT2D eigenvalue weighted by atomic mass is 16.3. The molecule has 0 spiro atoms. The quantitative estimate of drug-likeness (QED) is 0.675. The summed E-state index contributed by atoms with van der Waals surface area (Å²) in [5.41, 5.74) is -0.354. The fourth-order valence-corrected chi connectivity index (χ4v) is 2.77. The summed E-state index contributed by atoms with van der Waals surface area (Å²) in [6, 6.07) is 0. The van der Waals surface area contributed by atoms with Crippen LogP contribution in [0.5, 0.6) is 0 Å². The van der Waals surface area contributed by atoms with Gasteiger partial charge in [0.1, 0.15) is 6.61 Å². The lowest BCUT2D eigenvalue weighted by molar-refractivity contribution is 0.229. The van der Waals surface area contributed by atoms with Gasteiger partial charge >= 0.3 is 5.69 Å². The van der Waals surface area contributed by atoms with Crippen LogP contribution in [-0.4, -0.2) is 19.5 Å². The van der Waals surface area contributed by atoms with Gasteiger partial charge in [-0.1, -0.05) is 46.0 Å². The van der Waals surface area contributed by atoms with Crippen LogP contribution in [0.1, 0.15) is 78.5 Å². The van der Waals surface area contributed by atoms with Gasteiger partial charge in [-0.2, -0.15) is 5.10 Å². The molecule has 1 aromatic heterocycles. The number of hydrogen-bond acceptors (Lipinski definition) is 3. The molecule has 21 heavy (non-hydrogen) atoms. The molecule has 1 N–H and O–H groups in total. The van der Waals surface area contributed by atoms with E-state index >= 15 is 0 Å². The zero-order valence-electron chi connectivity index (χ0n) is 14.1. The van der Waals surface area contributed by atoms with E-state index in [1.54, 1.807) is 9.25 Å². The second-order valence-electron chi connectivity index (χ2n) is 6.03. The molecule has 0 aromatic carbocycles. The Balaban J connectivity index is 2.87. The Morgan fingerprint density at radius 3 is 2.29 bits per heavy atom. The van der Waals surface area contributed by atoms with Gasteiger partial charge < -0.3 is 5.11 Å². The standard InChI is InChI=1S/C16H31N3O2/c1-5-8-9-10-11-12-16(4,6-2)19-15(21)18(7-3)14(13-20)17-19/h20H,5-13H2,1-4H3. The van der Waals surface area contributed by atoms with Crippen LogP contribution >= 0.6 is 0 Å². The predicted octanol–water partition coefficient (Wildman–Crippen LogP) is 3.04. The van der Waals surface area contributed by atoms with Gasteiger partial charge in [-0.15, -0.1) is 0 Å². The van der Waals surface area contributed by atoms with Gasteiger partial charge in [0.2, 0.25) is 0 Å². The molecule has 1 heterocycles. The van der Waals surface area contributed by atoms with Crippen molar-refractivity contribution < 1.29 is 5.11 Å². The summed E-state index contributed by atoms with van der Waals surface area (Å²) < 4.78 is 3.16. The van der Waals surface area contributed by atoms with Crippen molar-refractivity contribution in [3.8, 4) is 0 Å². The van der Waals surface area contributed by atoms with E-state index in [-0.39, 0.29) is 17.8 Å². The minimum atomic E-state index is -0.256. The molecule has 0 saturated heterocycles. The summed E-state index contributed by atoms with van der Waals surface area (Å²) in [4.78, 5) is 12.5. The van der Waals surface area contributed by atoms with Crippen LogP contribution in [0.25, 0.3) is 0 Å². The summed E-state index contributed by atoms with van der Waals surface area (Å²) in [6.45, 7) is 8.67. The van der Waals surface area contributed by atoms with Crippen molar-refractivity contribution in [2.45, 2.75) is 91.3 Å². The SMILES string of the molecule is CCCCCCCC(C)(CC)n1nc(CO)n(CC)c1=O. The van der Waals surface area contributed by atoms with Crippen LogP contribution < -0.4 is 5.69 Å². The van der Waals surface area contributed by atoms with Gasteiger partial charge in [0.05, 0.1) is 5.54 Å². The van der Waals surface area contributed by atoms with Gasteiger partial charge in [-0.3, -0.25) is 4.57 Å². The van der Waals surface area contributed by atoms with Gasteiger partial charge in [-0.05, 0) is 26.7 Å². The van der Waals surface area contributed by atoms with Crippen LogP contribution in [0.15, 0.2) is 4.79 Å². The van der Waals surface area contributed by atoms with E-state index in [1.165, 1.54) is 25.7 Å². The second-order valence-corrected chi connectivity index (χ2v) is 6.03. The maximum atomic E-state index is 12.5. The first-order chi connectivity index (χ1) is 10.0. The molecule has 0 aliphatic rings. The van der Waals surface area contributed by atoms with Gasteiger partial charge in [0, 0.05) is 6.54 Å². The maximum absolute atomic E-state index is 12.5. The van der Waals surface area contributed by atoms with Crippen LogP contribution in [0.4, 0.5) is 0 Å². The Labute approximate surface area is 128 Å². The molecule has 0 amide bonds. The van der Waals surface area contributed by atoms with Gasteiger partial charge in [0.25, 0.3) is 0 Å². The Hall–Kier alpha value is -1.10. The lowest BCUT2D eigenvalue weighted by atomic mass is 9.91. The zero-order chi connectivity index (χ0) is 15.9. The van der Waals surface area contributed by atoms with Gasteiger partial charge in [0.15, 0.2) is 5.82 Å². The van der Waals surface area contributed by atoms with E-state index in [4.69, 9.17) is 0 Å². The molecule has 0 aliphatic heterocycles. The Kier molecular flexibility index (Phi) is 7.15. The number of aliphatic hydroxyl groups excluding tert-OH is 1. The average molecular weight is 297 g/mol. The molecule has 1 rings (SSSR count). The molecule has 1 aromatic rings. The van der Waals surface area contributed by atoms with Crippen molar-refractivity contribution in [3.63, 3.8) is 0 Å². The van der Waals surface area contributed by atoms with Crippen LogP contribution in [0.2, 0.25) is 0 Å². The topological polar surface area (TPSA) is 60.0 Å². The fourth-order valence-electron chi connectivity index (χ4n) is 2.77. The number of rotatable bonds is 10. The number of aromatic nitrogens is 3. The summed E-state index contributed by atoms with van der Waals surface area (Å²) >= 11 is 0. The average Bonchev–Trinajstić information content (AvgIpc) is 2.83. The molecule has 0 aliphatic carbocycles. The Morgan fingerprint density at radius 2 is 1.81 bits per heavy atom. The third-order valence-electron chi connectivity index (χ3n) is 4.49. The van der Waals surface area contributed by atoms with Crippen molar-refractivity contribution in [2.24, 2.45) is 0 Å². The van der Waals surface area contributed by atoms with E-state index in [1.807, 2.05) is 6.92 Å². The van der Waals surface area contributed by atoms with Gasteiger partial charge in [-0.25, -0.2) is 9.48 Å². The summed E-state index contributed by atoms with van der Waals surface area (Å²) in [5, 5.41) is 13.7. The Morgan fingerprint density at radius 1 is 1.14 bits per heavy atom.